The molecule has 1 heterocycles. The van der Waals surface area contributed by atoms with Gasteiger partial charge in [0.2, 0.25) is 0 Å². The summed E-state index contributed by atoms with van der Waals surface area (Å²) in [5, 5.41) is 0. The second kappa shape index (κ2) is 6.60. The maximum Gasteiger partial charge on any atom is 0.150 e. The van der Waals surface area contributed by atoms with Crippen molar-refractivity contribution in [3.63, 3.8) is 0 Å². The Balaban J connectivity index is 2.70. The van der Waals surface area contributed by atoms with Crippen LogP contribution in [0.1, 0.15) is 19.8 Å². The zero-order valence-corrected chi connectivity index (χ0v) is 12.5. The van der Waals surface area contributed by atoms with Gasteiger partial charge in [-0.15, -0.1) is 23.2 Å². The van der Waals surface area contributed by atoms with Gasteiger partial charge >= 0.3 is 0 Å². The first-order valence-electron chi connectivity index (χ1n) is 5.90. The maximum absolute atomic E-state index is 11.5. The van der Waals surface area contributed by atoms with Crippen LogP contribution in [0.15, 0.2) is 0 Å². The monoisotopic (exact) mass is 302 g/mol. The number of rotatable bonds is 7. The molecule has 17 heavy (non-hydrogen) atoms. The second-order valence-electron chi connectivity index (χ2n) is 4.68. The largest absolute Gasteiger partial charge is 0.382 e. The van der Waals surface area contributed by atoms with Crippen LogP contribution in [-0.2, 0) is 14.6 Å². The predicted molar refractivity (Wildman–Crippen MR) is 71.7 cm³/mol. The van der Waals surface area contributed by atoms with Crippen molar-refractivity contribution < 1.29 is 13.2 Å². The molecule has 0 spiro atoms. The summed E-state index contributed by atoms with van der Waals surface area (Å²) in [4.78, 5) is 0. The minimum Gasteiger partial charge on any atom is -0.382 e. The van der Waals surface area contributed by atoms with Crippen molar-refractivity contribution in [2.24, 2.45) is 11.3 Å². The van der Waals surface area contributed by atoms with Crippen LogP contribution >= 0.6 is 23.2 Å². The lowest BCUT2D eigenvalue weighted by Gasteiger charge is -2.35. The lowest BCUT2D eigenvalue weighted by Crippen LogP contribution is -2.36. The fourth-order valence-electron chi connectivity index (χ4n) is 2.29. The van der Waals surface area contributed by atoms with Gasteiger partial charge in [0.05, 0.1) is 11.5 Å². The number of halogens is 2. The topological polar surface area (TPSA) is 43.4 Å². The average molecular weight is 303 g/mol. The number of hydrogen-bond acceptors (Lipinski definition) is 3. The Bertz CT molecular complexity index is 326. The molecule has 1 fully saturated rings. The van der Waals surface area contributed by atoms with Gasteiger partial charge in [-0.25, -0.2) is 8.42 Å². The molecule has 6 heteroatoms. The Morgan fingerprint density at radius 1 is 1.35 bits per heavy atom. The van der Waals surface area contributed by atoms with Crippen LogP contribution in [0.3, 0.4) is 0 Å². The molecule has 0 bridgehead atoms. The van der Waals surface area contributed by atoms with Gasteiger partial charge in [0.15, 0.2) is 9.84 Å². The van der Waals surface area contributed by atoms with Gasteiger partial charge < -0.3 is 4.74 Å². The molecule has 0 aromatic carbocycles. The van der Waals surface area contributed by atoms with Gasteiger partial charge in [0.1, 0.15) is 0 Å². The number of ether oxygens (including phenoxy) is 1. The minimum absolute atomic E-state index is 0.0722. The first-order valence-corrected chi connectivity index (χ1v) is 8.79. The van der Waals surface area contributed by atoms with Crippen LogP contribution in [-0.4, -0.2) is 44.9 Å². The van der Waals surface area contributed by atoms with Crippen LogP contribution in [0.5, 0.6) is 0 Å². The molecule has 0 aliphatic carbocycles. The third-order valence-corrected chi connectivity index (χ3v) is 6.41. The lowest BCUT2D eigenvalue weighted by atomic mass is 9.76. The van der Waals surface area contributed by atoms with E-state index in [0.717, 1.165) is 6.42 Å². The summed E-state index contributed by atoms with van der Waals surface area (Å²) in [6, 6.07) is 0. The first-order chi connectivity index (χ1) is 7.99. The SMILES string of the molecule is CCOCCC(CCl)(CCl)C1CCS(=O)(=O)C1. The summed E-state index contributed by atoms with van der Waals surface area (Å²) in [7, 11) is -2.89. The summed E-state index contributed by atoms with van der Waals surface area (Å²) in [6.45, 7) is 3.18. The number of hydrogen-bond donors (Lipinski definition) is 0. The van der Waals surface area contributed by atoms with E-state index >= 15 is 0 Å². The Morgan fingerprint density at radius 3 is 2.41 bits per heavy atom. The van der Waals surface area contributed by atoms with Crippen molar-refractivity contribution in [2.45, 2.75) is 19.8 Å². The number of sulfone groups is 1. The highest BCUT2D eigenvalue weighted by Gasteiger charge is 2.43. The fraction of sp³-hybridized carbons (Fsp3) is 1.00. The van der Waals surface area contributed by atoms with Crippen molar-refractivity contribution in [3.05, 3.63) is 0 Å². The molecule has 0 amide bonds. The van der Waals surface area contributed by atoms with Gasteiger partial charge in [0.25, 0.3) is 0 Å². The van der Waals surface area contributed by atoms with Crippen molar-refractivity contribution >= 4 is 33.0 Å². The van der Waals surface area contributed by atoms with E-state index in [0.29, 0.717) is 31.4 Å². The third-order valence-electron chi connectivity index (χ3n) is 3.58. The van der Waals surface area contributed by atoms with E-state index in [4.69, 9.17) is 27.9 Å². The summed E-state index contributed by atoms with van der Waals surface area (Å²) in [6.07, 6.45) is 1.40. The first kappa shape index (κ1) is 15.5. The Kier molecular flexibility index (Phi) is 6.03. The van der Waals surface area contributed by atoms with Gasteiger partial charge in [-0.3, -0.25) is 0 Å². The van der Waals surface area contributed by atoms with Gasteiger partial charge in [-0.1, -0.05) is 0 Å². The smallest absolute Gasteiger partial charge is 0.150 e. The molecule has 1 saturated heterocycles. The molecule has 102 valence electrons. The molecule has 0 N–H and O–H groups in total. The van der Waals surface area contributed by atoms with E-state index in [1.54, 1.807) is 0 Å². The normalized spacial score (nSPS) is 24.1. The lowest BCUT2D eigenvalue weighted by molar-refractivity contribution is 0.0969. The summed E-state index contributed by atoms with van der Waals surface area (Å²) in [5.41, 5.74) is -0.304. The maximum atomic E-state index is 11.5. The summed E-state index contributed by atoms with van der Waals surface area (Å²) in [5.74, 6) is 1.34. The Labute approximate surface area is 114 Å². The third kappa shape index (κ3) is 3.98. The van der Waals surface area contributed by atoms with Gasteiger partial charge in [-0.2, -0.15) is 0 Å². The molecule has 1 aliphatic heterocycles. The fourth-order valence-corrected chi connectivity index (χ4v) is 5.22. The molecular formula is C11H20Cl2O3S. The average Bonchev–Trinajstić information content (AvgIpc) is 2.66. The minimum atomic E-state index is -2.89. The molecular weight excluding hydrogens is 283 g/mol. The van der Waals surface area contributed by atoms with E-state index < -0.39 is 9.84 Å². The zero-order valence-electron chi connectivity index (χ0n) is 10.1. The van der Waals surface area contributed by atoms with E-state index in [1.165, 1.54) is 0 Å². The molecule has 3 nitrogen and oxygen atoms in total. The van der Waals surface area contributed by atoms with Gasteiger partial charge in [0, 0.05) is 30.4 Å². The number of alkyl halides is 2. The van der Waals surface area contributed by atoms with E-state index in [9.17, 15) is 8.42 Å². The Hall–Kier alpha value is 0.490. The Morgan fingerprint density at radius 2 is 2.00 bits per heavy atom. The van der Waals surface area contributed by atoms with Crippen molar-refractivity contribution in [1.29, 1.82) is 0 Å². The quantitative estimate of drug-likeness (QED) is 0.535. The summed E-state index contributed by atoms with van der Waals surface area (Å²) >= 11 is 12.1. The molecule has 1 aliphatic rings. The molecule has 0 aromatic heterocycles. The predicted octanol–water partition coefficient (Wildman–Crippen LogP) is 2.31. The summed E-state index contributed by atoms with van der Waals surface area (Å²) < 4.78 is 28.4. The van der Waals surface area contributed by atoms with E-state index in [2.05, 4.69) is 0 Å². The highest BCUT2D eigenvalue weighted by Crippen LogP contribution is 2.41. The molecule has 1 atom stereocenters. The molecule has 0 saturated carbocycles. The molecule has 1 rings (SSSR count). The van der Waals surface area contributed by atoms with Crippen LogP contribution in [0.4, 0.5) is 0 Å². The standard InChI is InChI=1S/C11H20Cl2O3S/c1-2-16-5-4-11(8-12,9-13)10-3-6-17(14,15)7-10/h10H,2-9H2,1H3. The van der Waals surface area contributed by atoms with E-state index in [1.807, 2.05) is 6.92 Å². The molecule has 0 aromatic rings. The van der Waals surface area contributed by atoms with Crippen LogP contribution in [0, 0.1) is 11.3 Å². The van der Waals surface area contributed by atoms with Crippen molar-refractivity contribution in [2.75, 3.05) is 36.5 Å². The zero-order chi connectivity index (χ0) is 12.9. The highest BCUT2D eigenvalue weighted by molar-refractivity contribution is 7.91. The van der Waals surface area contributed by atoms with E-state index in [-0.39, 0.29) is 22.8 Å². The highest BCUT2D eigenvalue weighted by atomic mass is 35.5. The molecule has 1 unspecified atom stereocenters. The van der Waals surface area contributed by atoms with Crippen LogP contribution in [0.25, 0.3) is 0 Å². The van der Waals surface area contributed by atoms with Crippen molar-refractivity contribution in [3.8, 4) is 0 Å². The second-order valence-corrected chi connectivity index (χ2v) is 7.44. The van der Waals surface area contributed by atoms with Gasteiger partial charge in [-0.05, 0) is 25.7 Å². The van der Waals surface area contributed by atoms with Crippen LogP contribution < -0.4 is 0 Å². The van der Waals surface area contributed by atoms with Crippen LogP contribution in [0.2, 0.25) is 0 Å². The molecule has 0 radical (unpaired) electrons. The van der Waals surface area contributed by atoms with Crippen molar-refractivity contribution in [1.82, 2.24) is 0 Å².